The number of hydrogen-bond donors (Lipinski definition) is 1. The standard InChI is InChI=1S/C12H14N2O2/c1-7(2)10-9(16-3)5-4-8-6-13-12(15)14-11(8)10/h4-7H,1-3H3,(H,13,14,15). The lowest BCUT2D eigenvalue weighted by Crippen LogP contribution is -2.10. The predicted molar refractivity (Wildman–Crippen MR) is 63.0 cm³/mol. The summed E-state index contributed by atoms with van der Waals surface area (Å²) in [6.07, 6.45) is 1.58. The third-order valence-corrected chi connectivity index (χ3v) is 2.59. The first-order chi connectivity index (χ1) is 7.63. The third kappa shape index (κ3) is 1.66. The minimum absolute atomic E-state index is 0.275. The van der Waals surface area contributed by atoms with Gasteiger partial charge in [0.25, 0.3) is 0 Å². The van der Waals surface area contributed by atoms with Crippen molar-refractivity contribution in [3.05, 3.63) is 34.4 Å². The van der Waals surface area contributed by atoms with Crippen LogP contribution in [0.2, 0.25) is 0 Å². The largest absolute Gasteiger partial charge is 0.496 e. The van der Waals surface area contributed by atoms with E-state index in [-0.39, 0.29) is 11.6 Å². The van der Waals surface area contributed by atoms with E-state index in [0.717, 1.165) is 22.2 Å². The van der Waals surface area contributed by atoms with Crippen LogP contribution >= 0.6 is 0 Å². The van der Waals surface area contributed by atoms with Crippen LogP contribution in [0.4, 0.5) is 0 Å². The van der Waals surface area contributed by atoms with Crippen LogP contribution in [0.25, 0.3) is 10.9 Å². The van der Waals surface area contributed by atoms with E-state index in [1.54, 1.807) is 13.3 Å². The molecule has 0 saturated carbocycles. The highest BCUT2D eigenvalue weighted by Crippen LogP contribution is 2.31. The number of benzene rings is 1. The van der Waals surface area contributed by atoms with Crippen LogP contribution in [0, 0.1) is 0 Å². The van der Waals surface area contributed by atoms with Gasteiger partial charge in [0, 0.05) is 17.1 Å². The molecule has 2 aromatic rings. The molecule has 84 valence electrons. The number of aromatic nitrogens is 2. The van der Waals surface area contributed by atoms with Gasteiger partial charge in [-0.25, -0.2) is 9.78 Å². The van der Waals surface area contributed by atoms with Crippen LogP contribution in [0.1, 0.15) is 25.3 Å². The summed E-state index contributed by atoms with van der Waals surface area (Å²) in [6, 6.07) is 3.79. The van der Waals surface area contributed by atoms with Crippen LogP contribution in [0.3, 0.4) is 0 Å². The zero-order valence-corrected chi connectivity index (χ0v) is 9.57. The van der Waals surface area contributed by atoms with Gasteiger partial charge in [0.1, 0.15) is 5.75 Å². The molecule has 0 atom stereocenters. The maximum absolute atomic E-state index is 11.3. The van der Waals surface area contributed by atoms with Crippen molar-refractivity contribution in [2.75, 3.05) is 7.11 Å². The van der Waals surface area contributed by atoms with E-state index >= 15 is 0 Å². The van der Waals surface area contributed by atoms with E-state index in [1.165, 1.54) is 0 Å². The second-order valence-electron chi connectivity index (χ2n) is 3.99. The molecular weight excluding hydrogens is 204 g/mol. The molecule has 0 fully saturated rings. The van der Waals surface area contributed by atoms with E-state index in [1.807, 2.05) is 12.1 Å². The Balaban J connectivity index is 2.87. The topological polar surface area (TPSA) is 55.0 Å². The number of methoxy groups -OCH3 is 1. The number of ether oxygens (including phenoxy) is 1. The fraction of sp³-hybridized carbons (Fsp3) is 0.333. The van der Waals surface area contributed by atoms with Gasteiger partial charge in [0.15, 0.2) is 0 Å². The van der Waals surface area contributed by atoms with Gasteiger partial charge in [-0.3, -0.25) is 0 Å². The van der Waals surface area contributed by atoms with Crippen LogP contribution in [-0.4, -0.2) is 17.1 Å². The molecule has 16 heavy (non-hydrogen) atoms. The minimum Gasteiger partial charge on any atom is -0.496 e. The molecule has 0 radical (unpaired) electrons. The normalized spacial score (nSPS) is 11.0. The Morgan fingerprint density at radius 1 is 1.38 bits per heavy atom. The van der Waals surface area contributed by atoms with Gasteiger partial charge in [0.05, 0.1) is 12.6 Å². The Morgan fingerprint density at radius 2 is 2.12 bits per heavy atom. The first kappa shape index (κ1) is 10.7. The highest BCUT2D eigenvalue weighted by molar-refractivity contribution is 5.83. The lowest BCUT2D eigenvalue weighted by molar-refractivity contribution is 0.408. The molecule has 0 saturated heterocycles. The summed E-state index contributed by atoms with van der Waals surface area (Å²) < 4.78 is 5.31. The van der Waals surface area contributed by atoms with Gasteiger partial charge < -0.3 is 9.72 Å². The first-order valence-corrected chi connectivity index (χ1v) is 5.19. The van der Waals surface area contributed by atoms with E-state index in [2.05, 4.69) is 23.8 Å². The second-order valence-corrected chi connectivity index (χ2v) is 3.99. The molecule has 0 amide bonds. The smallest absolute Gasteiger partial charge is 0.345 e. The lowest BCUT2D eigenvalue weighted by atomic mass is 9.99. The zero-order chi connectivity index (χ0) is 11.7. The molecule has 0 unspecified atom stereocenters. The Bertz CT molecular complexity index is 573. The monoisotopic (exact) mass is 218 g/mol. The highest BCUT2D eigenvalue weighted by Gasteiger charge is 2.12. The van der Waals surface area contributed by atoms with Crippen molar-refractivity contribution in [1.82, 2.24) is 9.97 Å². The third-order valence-electron chi connectivity index (χ3n) is 2.59. The minimum atomic E-state index is -0.331. The lowest BCUT2D eigenvalue weighted by Gasteiger charge is -2.14. The van der Waals surface area contributed by atoms with E-state index in [4.69, 9.17) is 4.74 Å². The maximum Gasteiger partial charge on any atom is 0.345 e. The van der Waals surface area contributed by atoms with Gasteiger partial charge in [-0.15, -0.1) is 0 Å². The zero-order valence-electron chi connectivity index (χ0n) is 9.57. The van der Waals surface area contributed by atoms with Crippen LogP contribution in [0.5, 0.6) is 5.75 Å². The summed E-state index contributed by atoms with van der Waals surface area (Å²) in [6.45, 7) is 4.13. The molecule has 1 aromatic heterocycles. The Morgan fingerprint density at radius 3 is 2.75 bits per heavy atom. The molecule has 0 bridgehead atoms. The van der Waals surface area contributed by atoms with Crippen LogP contribution in [-0.2, 0) is 0 Å². The second kappa shape index (κ2) is 3.96. The molecule has 0 aliphatic carbocycles. The Kier molecular flexibility index (Phi) is 2.64. The first-order valence-electron chi connectivity index (χ1n) is 5.19. The molecule has 1 aromatic carbocycles. The summed E-state index contributed by atoms with van der Waals surface area (Å²) in [7, 11) is 1.63. The Hall–Kier alpha value is -1.84. The SMILES string of the molecule is COc1ccc2cnc(=O)[nH]c2c1C(C)C. The van der Waals surface area contributed by atoms with Crippen molar-refractivity contribution in [1.29, 1.82) is 0 Å². The molecule has 4 heteroatoms. The summed E-state index contributed by atoms with van der Waals surface area (Å²) in [4.78, 5) is 17.7. The van der Waals surface area contributed by atoms with E-state index < -0.39 is 0 Å². The van der Waals surface area contributed by atoms with Gasteiger partial charge in [-0.05, 0) is 18.1 Å². The number of fused-ring (bicyclic) bond motifs is 1. The number of hydrogen-bond acceptors (Lipinski definition) is 3. The number of rotatable bonds is 2. The summed E-state index contributed by atoms with van der Waals surface area (Å²) in [5.41, 5.74) is 1.50. The molecule has 1 heterocycles. The number of aromatic amines is 1. The van der Waals surface area contributed by atoms with Crippen molar-refractivity contribution in [3.8, 4) is 5.75 Å². The number of H-pyrrole nitrogens is 1. The molecule has 0 aliphatic heterocycles. The predicted octanol–water partition coefficient (Wildman–Crippen LogP) is 2.06. The fourth-order valence-electron chi connectivity index (χ4n) is 1.88. The highest BCUT2D eigenvalue weighted by atomic mass is 16.5. The molecule has 4 nitrogen and oxygen atoms in total. The quantitative estimate of drug-likeness (QED) is 0.839. The van der Waals surface area contributed by atoms with Crippen molar-refractivity contribution in [3.63, 3.8) is 0 Å². The van der Waals surface area contributed by atoms with Gasteiger partial charge >= 0.3 is 5.69 Å². The van der Waals surface area contributed by atoms with E-state index in [9.17, 15) is 4.79 Å². The van der Waals surface area contributed by atoms with Crippen molar-refractivity contribution >= 4 is 10.9 Å². The van der Waals surface area contributed by atoms with E-state index in [0.29, 0.717) is 0 Å². The van der Waals surface area contributed by atoms with Gasteiger partial charge in [-0.2, -0.15) is 0 Å². The molecule has 1 N–H and O–H groups in total. The van der Waals surface area contributed by atoms with Crippen molar-refractivity contribution in [2.45, 2.75) is 19.8 Å². The number of nitrogens with zero attached hydrogens (tertiary/aromatic N) is 1. The summed E-state index contributed by atoms with van der Waals surface area (Å²) in [5.74, 6) is 1.07. The molecular formula is C12H14N2O2. The average Bonchev–Trinajstić information content (AvgIpc) is 2.26. The maximum atomic E-state index is 11.3. The van der Waals surface area contributed by atoms with Gasteiger partial charge in [0.2, 0.25) is 0 Å². The molecule has 2 rings (SSSR count). The van der Waals surface area contributed by atoms with Crippen LogP contribution in [0.15, 0.2) is 23.1 Å². The average molecular weight is 218 g/mol. The van der Waals surface area contributed by atoms with Crippen molar-refractivity contribution < 1.29 is 4.74 Å². The summed E-state index contributed by atoms with van der Waals surface area (Å²) in [5, 5.41) is 0.920. The summed E-state index contributed by atoms with van der Waals surface area (Å²) >= 11 is 0. The Labute approximate surface area is 93.3 Å². The van der Waals surface area contributed by atoms with Gasteiger partial charge in [-0.1, -0.05) is 13.8 Å². The molecule has 0 spiro atoms. The fourth-order valence-corrected chi connectivity index (χ4v) is 1.88. The molecule has 0 aliphatic rings. The van der Waals surface area contributed by atoms with Crippen molar-refractivity contribution in [2.24, 2.45) is 0 Å². The van der Waals surface area contributed by atoms with Crippen LogP contribution < -0.4 is 10.4 Å². The number of nitrogens with one attached hydrogen (secondary N) is 1.